The van der Waals surface area contributed by atoms with E-state index < -0.39 is 45.2 Å². The quantitative estimate of drug-likeness (QED) is 0.482. The van der Waals surface area contributed by atoms with Crippen LogP contribution in [-0.2, 0) is 28.6 Å². The molecule has 5 saturated heterocycles. The van der Waals surface area contributed by atoms with Crippen LogP contribution in [0.25, 0.3) is 0 Å². The van der Waals surface area contributed by atoms with Gasteiger partial charge in [0.15, 0.2) is 5.78 Å². The van der Waals surface area contributed by atoms with Gasteiger partial charge in [0.25, 0.3) is 0 Å². The highest BCUT2D eigenvalue weighted by atomic mass is 16.5. The summed E-state index contributed by atoms with van der Waals surface area (Å²) in [6.07, 6.45) is 6.82. The molecule has 3 aliphatic carbocycles. The number of cyclic esters (lactones) is 1. The Morgan fingerprint density at radius 1 is 1.05 bits per heavy atom. The van der Waals surface area contributed by atoms with E-state index in [4.69, 9.17) is 14.2 Å². The molecule has 8 heteroatoms. The normalized spacial score (nSPS) is 58.2. The SMILES string of the molecule is C[C@H]1C[C@@H]2CN3C4=C[C@]56CO[C@]7(C)CC(=O)[C@](O)([C@@H](C)C(=O)[C@@H]5[C@@]5(COC(=O)C5)[C@]4(C)CC[C@@]3(C1)O2)[C@H]6C7. The van der Waals surface area contributed by atoms with Gasteiger partial charge in [-0.1, -0.05) is 26.8 Å². The zero-order chi connectivity index (χ0) is 26.7. The zero-order valence-electron chi connectivity index (χ0n) is 22.9. The lowest BCUT2D eigenvalue weighted by Crippen LogP contribution is -2.78. The molecule has 7 fully saturated rings. The van der Waals surface area contributed by atoms with Gasteiger partial charge in [-0.15, -0.1) is 0 Å². The molecule has 2 saturated carbocycles. The Morgan fingerprint density at radius 2 is 1.84 bits per heavy atom. The van der Waals surface area contributed by atoms with Crippen LogP contribution in [0.3, 0.4) is 0 Å². The minimum atomic E-state index is -1.73. The van der Waals surface area contributed by atoms with Crippen molar-refractivity contribution in [2.24, 2.45) is 39.9 Å². The number of fused-ring (bicyclic) bond motifs is 6. The Balaban J connectivity index is 1.40. The molecule has 38 heavy (non-hydrogen) atoms. The van der Waals surface area contributed by atoms with Crippen LogP contribution < -0.4 is 0 Å². The van der Waals surface area contributed by atoms with Gasteiger partial charge in [0, 0.05) is 46.7 Å². The summed E-state index contributed by atoms with van der Waals surface area (Å²) < 4.78 is 19.0. The van der Waals surface area contributed by atoms with Crippen LogP contribution in [0, 0.1) is 39.9 Å². The maximum atomic E-state index is 14.6. The monoisotopic (exact) mass is 525 g/mol. The first-order valence-corrected chi connectivity index (χ1v) is 14.6. The Labute approximate surface area is 223 Å². The average molecular weight is 526 g/mol. The number of allylic oxidation sites excluding steroid dienone is 1. The third kappa shape index (κ3) is 2.41. The molecular weight excluding hydrogens is 486 g/mol. The molecule has 0 aromatic rings. The molecule has 3 spiro atoms. The number of aliphatic hydroxyl groups is 1. The molecule has 0 radical (unpaired) electrons. The van der Waals surface area contributed by atoms with E-state index in [1.165, 1.54) is 0 Å². The number of nitrogens with zero attached hydrogens (tertiary/aromatic N) is 1. The molecule has 4 bridgehead atoms. The van der Waals surface area contributed by atoms with Crippen molar-refractivity contribution < 1.29 is 33.7 Å². The van der Waals surface area contributed by atoms with Crippen molar-refractivity contribution in [2.45, 2.75) is 95.7 Å². The van der Waals surface area contributed by atoms with Gasteiger partial charge in [-0.2, -0.15) is 0 Å². The minimum Gasteiger partial charge on any atom is -0.465 e. The first kappa shape index (κ1) is 24.1. The predicted molar refractivity (Wildman–Crippen MR) is 133 cm³/mol. The van der Waals surface area contributed by atoms with Gasteiger partial charge >= 0.3 is 5.97 Å². The van der Waals surface area contributed by atoms with E-state index in [1.54, 1.807) is 6.92 Å². The van der Waals surface area contributed by atoms with E-state index in [9.17, 15) is 19.5 Å². The fourth-order valence-corrected chi connectivity index (χ4v) is 11.1. The molecule has 5 aliphatic heterocycles. The van der Waals surface area contributed by atoms with E-state index in [0.29, 0.717) is 12.3 Å². The lowest BCUT2D eigenvalue weighted by atomic mass is 9.35. The van der Waals surface area contributed by atoms with Gasteiger partial charge in [-0.25, -0.2) is 0 Å². The van der Waals surface area contributed by atoms with Crippen molar-refractivity contribution in [3.63, 3.8) is 0 Å². The summed E-state index contributed by atoms with van der Waals surface area (Å²) in [5, 5.41) is 12.2. The zero-order valence-corrected chi connectivity index (χ0v) is 22.9. The lowest BCUT2D eigenvalue weighted by Gasteiger charge is -2.71. The number of hydrogen-bond acceptors (Lipinski definition) is 8. The van der Waals surface area contributed by atoms with E-state index in [0.717, 1.165) is 37.9 Å². The average Bonchev–Trinajstić information content (AvgIpc) is 3.37. The van der Waals surface area contributed by atoms with E-state index in [-0.39, 0.29) is 55.4 Å². The molecule has 0 unspecified atom stereocenters. The van der Waals surface area contributed by atoms with Crippen molar-refractivity contribution in [2.75, 3.05) is 19.8 Å². The third-order valence-electron chi connectivity index (χ3n) is 12.9. The summed E-state index contributed by atoms with van der Waals surface area (Å²) >= 11 is 0. The number of piperidine rings is 1. The first-order chi connectivity index (χ1) is 17.8. The van der Waals surface area contributed by atoms with Crippen LogP contribution in [0.2, 0.25) is 0 Å². The number of hydrogen-bond donors (Lipinski definition) is 1. The molecule has 8 nitrogen and oxygen atoms in total. The standard InChI is InChI=1S/C30H39NO7/c1-16-7-18-13-31-20-10-27-14-37-25(3)9-19(27)30(35,21(32)11-25)17(2)23(34)24(27)28(12-22(33)36-15-28)26(20,4)5-6-29(31,8-16)38-18/h10,16-19,24,35H,5-9,11-15H2,1-4H3/t16-,17-,18+,19-,24-,25-,26+,27+,28+,29-,30-/m0/s1. The van der Waals surface area contributed by atoms with Gasteiger partial charge < -0.3 is 24.2 Å². The van der Waals surface area contributed by atoms with Crippen LogP contribution >= 0.6 is 0 Å². The molecule has 5 heterocycles. The Hall–Kier alpha value is -1.77. The number of carbonyl (C=O) groups excluding carboxylic acids is 3. The van der Waals surface area contributed by atoms with Gasteiger partial charge in [0.1, 0.15) is 17.1 Å². The summed E-state index contributed by atoms with van der Waals surface area (Å²) in [5.74, 6) is -1.98. The Bertz CT molecular complexity index is 1230. The fraction of sp³-hybridized carbons (Fsp3) is 0.833. The topological polar surface area (TPSA) is 102 Å². The smallest absolute Gasteiger partial charge is 0.306 e. The summed E-state index contributed by atoms with van der Waals surface area (Å²) in [4.78, 5) is 43.6. The molecule has 0 amide bonds. The molecule has 206 valence electrons. The number of Topliss-reactive ketones (excluding diaryl/α,β-unsaturated/α-hetero) is 2. The number of esters is 1. The van der Waals surface area contributed by atoms with Crippen LogP contribution in [-0.4, -0.2) is 70.3 Å². The molecule has 11 atom stereocenters. The predicted octanol–water partition coefficient (Wildman–Crippen LogP) is 2.76. The minimum absolute atomic E-state index is 0.113. The summed E-state index contributed by atoms with van der Waals surface area (Å²) in [5.41, 5.74) is -3.78. The number of ether oxygens (including phenoxy) is 3. The second-order valence-electron chi connectivity index (χ2n) is 14.8. The van der Waals surface area contributed by atoms with Gasteiger partial charge in [-0.3, -0.25) is 14.4 Å². The lowest BCUT2D eigenvalue weighted by molar-refractivity contribution is -0.273. The Morgan fingerprint density at radius 3 is 2.58 bits per heavy atom. The summed E-state index contributed by atoms with van der Waals surface area (Å²) in [6.45, 7) is 9.43. The molecule has 8 rings (SSSR count). The second kappa shape index (κ2) is 6.74. The van der Waals surface area contributed by atoms with Crippen LogP contribution in [0.5, 0.6) is 0 Å². The van der Waals surface area contributed by atoms with Gasteiger partial charge in [0.2, 0.25) is 0 Å². The van der Waals surface area contributed by atoms with Crippen molar-refractivity contribution in [1.29, 1.82) is 0 Å². The van der Waals surface area contributed by atoms with Crippen molar-refractivity contribution in [3.8, 4) is 0 Å². The van der Waals surface area contributed by atoms with Crippen molar-refractivity contribution in [1.82, 2.24) is 4.90 Å². The maximum Gasteiger partial charge on any atom is 0.306 e. The molecular formula is C30H39NO7. The fourth-order valence-electron chi connectivity index (χ4n) is 11.1. The van der Waals surface area contributed by atoms with E-state index in [1.807, 2.05) is 6.92 Å². The number of ketones is 2. The largest absolute Gasteiger partial charge is 0.465 e. The number of rotatable bonds is 0. The highest BCUT2D eigenvalue weighted by Gasteiger charge is 2.80. The third-order valence-corrected chi connectivity index (χ3v) is 12.9. The molecule has 8 aliphatic rings. The van der Waals surface area contributed by atoms with Gasteiger partial charge in [0.05, 0.1) is 37.3 Å². The van der Waals surface area contributed by atoms with Crippen LogP contribution in [0.1, 0.15) is 72.6 Å². The highest BCUT2D eigenvalue weighted by molar-refractivity contribution is 6.00. The van der Waals surface area contributed by atoms with Crippen LogP contribution in [0.15, 0.2) is 11.8 Å². The van der Waals surface area contributed by atoms with Crippen LogP contribution in [0.4, 0.5) is 0 Å². The highest BCUT2D eigenvalue weighted by Crippen LogP contribution is 2.75. The molecule has 0 aromatic heterocycles. The number of carbonyl (C=O) groups is 3. The van der Waals surface area contributed by atoms with E-state index in [2.05, 4.69) is 24.8 Å². The summed E-state index contributed by atoms with van der Waals surface area (Å²) in [7, 11) is 0. The van der Waals surface area contributed by atoms with Crippen molar-refractivity contribution in [3.05, 3.63) is 11.8 Å². The molecule has 1 N–H and O–H groups in total. The summed E-state index contributed by atoms with van der Waals surface area (Å²) in [6, 6.07) is 0. The van der Waals surface area contributed by atoms with E-state index >= 15 is 0 Å². The first-order valence-electron chi connectivity index (χ1n) is 14.6. The van der Waals surface area contributed by atoms with Crippen molar-refractivity contribution >= 4 is 17.5 Å². The molecule has 0 aromatic carbocycles. The van der Waals surface area contributed by atoms with Gasteiger partial charge in [-0.05, 0) is 44.9 Å². The second-order valence-corrected chi connectivity index (χ2v) is 14.8. The maximum absolute atomic E-state index is 14.6. The Kier molecular flexibility index (Phi) is 4.27.